The highest BCUT2D eigenvalue weighted by Gasteiger charge is 2.25. The third-order valence-corrected chi connectivity index (χ3v) is 4.15. The number of benzene rings is 1. The minimum atomic E-state index is 0.255. The van der Waals surface area contributed by atoms with Gasteiger partial charge in [-0.2, -0.15) is 5.26 Å². The van der Waals surface area contributed by atoms with E-state index in [1.807, 2.05) is 24.3 Å². The maximum Gasteiger partial charge on any atom is 0.0991 e. The highest BCUT2D eigenvalue weighted by atomic mass is 16.3. The maximum absolute atomic E-state index is 9.44. The molecule has 0 saturated heterocycles. The Hall–Kier alpha value is -1.37. The van der Waals surface area contributed by atoms with Crippen molar-refractivity contribution in [3.63, 3.8) is 0 Å². The van der Waals surface area contributed by atoms with Gasteiger partial charge in [0.25, 0.3) is 0 Å². The van der Waals surface area contributed by atoms with Gasteiger partial charge in [0.05, 0.1) is 11.6 Å². The Balaban J connectivity index is 1.99. The van der Waals surface area contributed by atoms with E-state index in [-0.39, 0.29) is 12.6 Å². The molecule has 3 atom stereocenters. The summed E-state index contributed by atoms with van der Waals surface area (Å²) in [6.07, 6.45) is 4.74. The van der Waals surface area contributed by atoms with Crippen molar-refractivity contribution in [1.82, 2.24) is 5.32 Å². The molecule has 0 aromatic heterocycles. The van der Waals surface area contributed by atoms with Crippen molar-refractivity contribution in [3.8, 4) is 6.07 Å². The van der Waals surface area contributed by atoms with E-state index in [1.165, 1.54) is 18.4 Å². The molecule has 0 heterocycles. The number of rotatable bonds is 4. The molecule has 3 heteroatoms. The standard InChI is InChI=1S/C16H22N2O/c1-12(14-8-6-13(10-17)7-9-14)18-16-5-3-2-4-15(16)11-19/h6-9,12,15-16,18-19H,2-5,11H2,1H3. The lowest BCUT2D eigenvalue weighted by Gasteiger charge is -2.33. The van der Waals surface area contributed by atoms with E-state index in [0.717, 1.165) is 12.8 Å². The zero-order valence-corrected chi connectivity index (χ0v) is 11.5. The van der Waals surface area contributed by atoms with Gasteiger partial charge in [-0.25, -0.2) is 0 Å². The lowest BCUT2D eigenvalue weighted by molar-refractivity contribution is 0.147. The molecule has 2 N–H and O–H groups in total. The summed E-state index contributed by atoms with van der Waals surface area (Å²) in [5.74, 6) is 0.384. The van der Waals surface area contributed by atoms with E-state index in [2.05, 4.69) is 18.3 Å². The van der Waals surface area contributed by atoms with Gasteiger partial charge in [-0.15, -0.1) is 0 Å². The average Bonchev–Trinajstić information content (AvgIpc) is 2.48. The SMILES string of the molecule is CC(NC1CCCCC1CO)c1ccc(C#N)cc1. The summed E-state index contributed by atoms with van der Waals surface area (Å²) in [6, 6.07) is 10.5. The van der Waals surface area contributed by atoms with Crippen molar-refractivity contribution in [2.24, 2.45) is 5.92 Å². The largest absolute Gasteiger partial charge is 0.396 e. The molecule has 3 unspecified atom stereocenters. The Bertz CT molecular complexity index is 435. The number of nitrogens with zero attached hydrogens (tertiary/aromatic N) is 1. The van der Waals surface area contributed by atoms with Crippen LogP contribution in [0.3, 0.4) is 0 Å². The molecule has 1 aromatic carbocycles. The van der Waals surface area contributed by atoms with Gasteiger partial charge in [-0.1, -0.05) is 25.0 Å². The van der Waals surface area contributed by atoms with E-state index >= 15 is 0 Å². The van der Waals surface area contributed by atoms with Crippen LogP contribution in [0.2, 0.25) is 0 Å². The third-order valence-electron chi connectivity index (χ3n) is 4.15. The number of hydrogen-bond acceptors (Lipinski definition) is 3. The van der Waals surface area contributed by atoms with Crippen molar-refractivity contribution in [3.05, 3.63) is 35.4 Å². The fourth-order valence-corrected chi connectivity index (χ4v) is 2.91. The van der Waals surface area contributed by atoms with E-state index in [9.17, 15) is 5.11 Å². The van der Waals surface area contributed by atoms with E-state index in [0.29, 0.717) is 17.5 Å². The van der Waals surface area contributed by atoms with Gasteiger partial charge in [0.2, 0.25) is 0 Å². The van der Waals surface area contributed by atoms with Crippen LogP contribution in [0.15, 0.2) is 24.3 Å². The smallest absolute Gasteiger partial charge is 0.0991 e. The van der Waals surface area contributed by atoms with Crippen molar-refractivity contribution >= 4 is 0 Å². The Labute approximate surface area is 115 Å². The summed E-state index contributed by atoms with van der Waals surface area (Å²) in [7, 11) is 0. The van der Waals surface area contributed by atoms with Crippen molar-refractivity contribution in [2.75, 3.05) is 6.61 Å². The van der Waals surface area contributed by atoms with Gasteiger partial charge in [-0.05, 0) is 43.4 Å². The topological polar surface area (TPSA) is 56.0 Å². The van der Waals surface area contributed by atoms with Gasteiger partial charge < -0.3 is 10.4 Å². The first-order chi connectivity index (χ1) is 9.24. The first-order valence-corrected chi connectivity index (χ1v) is 7.11. The second kappa shape index (κ2) is 6.70. The molecule has 2 rings (SSSR count). The molecule has 1 aliphatic carbocycles. The predicted molar refractivity (Wildman–Crippen MR) is 75.5 cm³/mol. The zero-order valence-electron chi connectivity index (χ0n) is 11.5. The lowest BCUT2D eigenvalue weighted by atomic mass is 9.84. The van der Waals surface area contributed by atoms with Crippen LogP contribution < -0.4 is 5.32 Å². The molecule has 0 bridgehead atoms. The van der Waals surface area contributed by atoms with E-state index in [4.69, 9.17) is 5.26 Å². The van der Waals surface area contributed by atoms with Crippen molar-refractivity contribution < 1.29 is 5.11 Å². The van der Waals surface area contributed by atoms with Crippen LogP contribution in [-0.2, 0) is 0 Å². The first kappa shape index (κ1) is 14.0. The van der Waals surface area contributed by atoms with Gasteiger partial charge >= 0.3 is 0 Å². The highest BCUT2D eigenvalue weighted by Crippen LogP contribution is 2.26. The van der Waals surface area contributed by atoms with Gasteiger partial charge in [0, 0.05) is 18.7 Å². The predicted octanol–water partition coefficient (Wildman–Crippen LogP) is 2.76. The van der Waals surface area contributed by atoms with Crippen LogP contribution >= 0.6 is 0 Å². The fraction of sp³-hybridized carbons (Fsp3) is 0.562. The van der Waals surface area contributed by atoms with Crippen LogP contribution in [0, 0.1) is 17.2 Å². The Morgan fingerprint density at radius 3 is 2.63 bits per heavy atom. The molecule has 1 aliphatic rings. The van der Waals surface area contributed by atoms with Crippen LogP contribution in [0.1, 0.15) is 49.8 Å². The van der Waals surface area contributed by atoms with Crippen molar-refractivity contribution in [1.29, 1.82) is 5.26 Å². The Kier molecular flexibility index (Phi) is 4.95. The molecular formula is C16H22N2O. The summed E-state index contributed by atoms with van der Waals surface area (Å²) < 4.78 is 0. The number of nitriles is 1. The zero-order chi connectivity index (χ0) is 13.7. The quantitative estimate of drug-likeness (QED) is 0.873. The fourth-order valence-electron chi connectivity index (χ4n) is 2.91. The number of aliphatic hydroxyl groups excluding tert-OH is 1. The first-order valence-electron chi connectivity index (χ1n) is 7.11. The summed E-state index contributed by atoms with van der Waals surface area (Å²) in [5, 5.41) is 21.9. The van der Waals surface area contributed by atoms with Crippen LogP contribution in [0.4, 0.5) is 0 Å². The number of nitrogens with one attached hydrogen (secondary N) is 1. The maximum atomic E-state index is 9.44. The summed E-state index contributed by atoms with van der Waals surface area (Å²) in [6.45, 7) is 2.42. The van der Waals surface area contributed by atoms with Crippen LogP contribution in [0.5, 0.6) is 0 Å². The van der Waals surface area contributed by atoms with Crippen molar-refractivity contribution in [2.45, 2.75) is 44.7 Å². The Morgan fingerprint density at radius 1 is 1.32 bits per heavy atom. The van der Waals surface area contributed by atoms with Crippen LogP contribution in [0.25, 0.3) is 0 Å². The molecule has 19 heavy (non-hydrogen) atoms. The number of aliphatic hydroxyl groups is 1. The van der Waals surface area contributed by atoms with Gasteiger partial charge in [0.1, 0.15) is 0 Å². The number of hydrogen-bond donors (Lipinski definition) is 2. The average molecular weight is 258 g/mol. The minimum absolute atomic E-state index is 0.255. The molecule has 102 valence electrons. The monoisotopic (exact) mass is 258 g/mol. The Morgan fingerprint density at radius 2 is 2.00 bits per heavy atom. The van der Waals surface area contributed by atoms with Crippen LogP contribution in [-0.4, -0.2) is 17.8 Å². The van der Waals surface area contributed by atoms with Gasteiger partial charge in [0.15, 0.2) is 0 Å². The van der Waals surface area contributed by atoms with E-state index in [1.54, 1.807) is 0 Å². The van der Waals surface area contributed by atoms with E-state index < -0.39 is 0 Å². The minimum Gasteiger partial charge on any atom is -0.396 e. The molecule has 0 spiro atoms. The second-order valence-corrected chi connectivity index (χ2v) is 5.46. The molecule has 1 fully saturated rings. The molecule has 0 radical (unpaired) electrons. The molecule has 3 nitrogen and oxygen atoms in total. The third kappa shape index (κ3) is 3.56. The summed E-state index contributed by atoms with van der Waals surface area (Å²) >= 11 is 0. The van der Waals surface area contributed by atoms with Gasteiger partial charge in [-0.3, -0.25) is 0 Å². The highest BCUT2D eigenvalue weighted by molar-refractivity contribution is 5.32. The summed E-state index contributed by atoms with van der Waals surface area (Å²) in [4.78, 5) is 0. The molecule has 1 saturated carbocycles. The normalized spacial score (nSPS) is 24.7. The molecule has 1 aromatic rings. The molecular weight excluding hydrogens is 236 g/mol. The molecule has 0 aliphatic heterocycles. The molecule has 0 amide bonds. The second-order valence-electron chi connectivity index (χ2n) is 5.46. The lowest BCUT2D eigenvalue weighted by Crippen LogP contribution is -2.41. The summed E-state index contributed by atoms with van der Waals surface area (Å²) in [5.41, 5.74) is 1.89.